The monoisotopic (exact) mass is 356 g/mol. The van der Waals surface area contributed by atoms with E-state index < -0.39 is 6.04 Å². The number of carbonyl (C=O) groups is 1. The summed E-state index contributed by atoms with van der Waals surface area (Å²) >= 11 is 0. The van der Waals surface area contributed by atoms with Gasteiger partial charge < -0.3 is 15.6 Å². The Labute approximate surface area is 157 Å². The van der Waals surface area contributed by atoms with E-state index in [1.165, 1.54) is 5.56 Å². The fourth-order valence-corrected chi connectivity index (χ4v) is 2.83. The minimum Gasteiger partial charge on any atom is -0.355 e. The number of rotatable bonds is 9. The highest BCUT2D eigenvalue weighted by molar-refractivity contribution is 5.81. The van der Waals surface area contributed by atoms with E-state index in [2.05, 4.69) is 43.2 Å². The van der Waals surface area contributed by atoms with Gasteiger partial charge in [0.2, 0.25) is 5.91 Å². The standard InChI is InChI=1S/C21H32N4O/c1-21(2,3)11-7-8-12-23-20(26)19(22)13-18-15-25(16-24-18)14-17-9-5-4-6-10-17/h4-6,9-10,15-16,19H,7-8,11-14,22H2,1-3H3,(H,23,26)/t19-/m0/s1. The van der Waals surface area contributed by atoms with Crippen molar-refractivity contribution < 1.29 is 4.79 Å². The van der Waals surface area contributed by atoms with Crippen molar-refractivity contribution in [3.05, 3.63) is 54.1 Å². The van der Waals surface area contributed by atoms with Crippen molar-refractivity contribution in [3.63, 3.8) is 0 Å². The van der Waals surface area contributed by atoms with Crippen LogP contribution in [-0.4, -0.2) is 28.0 Å². The molecule has 1 atom stereocenters. The zero-order chi connectivity index (χ0) is 19.0. The summed E-state index contributed by atoms with van der Waals surface area (Å²) in [5.41, 5.74) is 8.44. The molecule has 2 rings (SSSR count). The maximum atomic E-state index is 12.1. The van der Waals surface area contributed by atoms with Gasteiger partial charge in [0.05, 0.1) is 18.1 Å². The van der Waals surface area contributed by atoms with Crippen LogP contribution in [0, 0.1) is 5.41 Å². The molecular weight excluding hydrogens is 324 g/mol. The van der Waals surface area contributed by atoms with Crippen molar-refractivity contribution in [1.29, 1.82) is 0 Å². The molecule has 0 unspecified atom stereocenters. The lowest BCUT2D eigenvalue weighted by atomic mass is 9.90. The Balaban J connectivity index is 1.71. The molecule has 1 aromatic carbocycles. The van der Waals surface area contributed by atoms with Crippen LogP contribution in [0.4, 0.5) is 0 Å². The normalized spacial score (nSPS) is 12.8. The van der Waals surface area contributed by atoms with Gasteiger partial charge in [-0.05, 0) is 23.8 Å². The second-order valence-corrected chi connectivity index (χ2v) is 8.14. The van der Waals surface area contributed by atoms with Crippen molar-refractivity contribution in [3.8, 4) is 0 Å². The number of aromatic nitrogens is 2. The molecule has 0 fully saturated rings. The topological polar surface area (TPSA) is 72.9 Å². The molecule has 0 aliphatic heterocycles. The van der Waals surface area contributed by atoms with Crippen molar-refractivity contribution >= 4 is 5.91 Å². The van der Waals surface area contributed by atoms with Crippen LogP contribution in [0.2, 0.25) is 0 Å². The summed E-state index contributed by atoms with van der Waals surface area (Å²) in [4.78, 5) is 16.5. The molecule has 0 spiro atoms. The molecule has 2 aromatic rings. The van der Waals surface area contributed by atoms with Gasteiger partial charge in [0, 0.05) is 25.7 Å². The SMILES string of the molecule is CC(C)(C)CCCCNC(=O)[C@@H](N)Cc1cn(Cc2ccccc2)cn1. The van der Waals surface area contributed by atoms with Crippen LogP contribution >= 0.6 is 0 Å². The largest absolute Gasteiger partial charge is 0.355 e. The van der Waals surface area contributed by atoms with E-state index in [9.17, 15) is 4.79 Å². The number of imidazole rings is 1. The third-order valence-corrected chi connectivity index (χ3v) is 4.31. The van der Waals surface area contributed by atoms with Gasteiger partial charge in [0.15, 0.2) is 0 Å². The predicted molar refractivity (Wildman–Crippen MR) is 106 cm³/mol. The molecule has 0 bridgehead atoms. The van der Waals surface area contributed by atoms with E-state index in [4.69, 9.17) is 5.73 Å². The summed E-state index contributed by atoms with van der Waals surface area (Å²) in [6, 6.07) is 9.66. The van der Waals surface area contributed by atoms with Crippen LogP contribution in [0.3, 0.4) is 0 Å². The predicted octanol–water partition coefficient (Wildman–Crippen LogP) is 3.13. The van der Waals surface area contributed by atoms with Crippen molar-refractivity contribution in [1.82, 2.24) is 14.9 Å². The van der Waals surface area contributed by atoms with Gasteiger partial charge in [-0.15, -0.1) is 0 Å². The van der Waals surface area contributed by atoms with Crippen LogP contribution in [-0.2, 0) is 17.8 Å². The second-order valence-electron chi connectivity index (χ2n) is 8.14. The summed E-state index contributed by atoms with van der Waals surface area (Å²) < 4.78 is 2.02. The molecule has 5 nitrogen and oxygen atoms in total. The van der Waals surface area contributed by atoms with Crippen LogP contribution in [0.5, 0.6) is 0 Å². The highest BCUT2D eigenvalue weighted by Gasteiger charge is 2.15. The maximum absolute atomic E-state index is 12.1. The Bertz CT molecular complexity index is 673. The minimum atomic E-state index is -0.558. The van der Waals surface area contributed by atoms with E-state index in [1.54, 1.807) is 6.33 Å². The molecule has 0 aliphatic rings. The van der Waals surface area contributed by atoms with E-state index in [0.717, 1.165) is 31.5 Å². The van der Waals surface area contributed by atoms with Gasteiger partial charge in [-0.25, -0.2) is 4.98 Å². The van der Waals surface area contributed by atoms with Crippen molar-refractivity contribution in [2.24, 2.45) is 11.1 Å². The first-order valence-corrected chi connectivity index (χ1v) is 9.41. The van der Waals surface area contributed by atoms with Gasteiger partial charge in [-0.1, -0.05) is 57.5 Å². The smallest absolute Gasteiger partial charge is 0.237 e. The zero-order valence-electron chi connectivity index (χ0n) is 16.2. The van der Waals surface area contributed by atoms with Crippen LogP contribution < -0.4 is 11.1 Å². The summed E-state index contributed by atoms with van der Waals surface area (Å²) in [6.45, 7) is 8.16. The highest BCUT2D eigenvalue weighted by Crippen LogP contribution is 2.21. The Morgan fingerprint density at radius 3 is 2.65 bits per heavy atom. The molecule has 26 heavy (non-hydrogen) atoms. The molecule has 5 heteroatoms. The highest BCUT2D eigenvalue weighted by atomic mass is 16.2. The zero-order valence-corrected chi connectivity index (χ0v) is 16.2. The quantitative estimate of drug-likeness (QED) is 0.678. The first-order chi connectivity index (χ1) is 12.3. The molecule has 1 aromatic heterocycles. The molecule has 0 radical (unpaired) electrons. The summed E-state index contributed by atoms with van der Waals surface area (Å²) in [7, 11) is 0. The van der Waals surface area contributed by atoms with Crippen LogP contribution in [0.1, 0.15) is 51.3 Å². The molecular formula is C21H32N4O. The fraction of sp³-hybridized carbons (Fsp3) is 0.524. The molecule has 1 amide bonds. The first kappa shape index (κ1) is 20.2. The first-order valence-electron chi connectivity index (χ1n) is 9.41. The number of hydrogen-bond acceptors (Lipinski definition) is 3. The van der Waals surface area contributed by atoms with Crippen molar-refractivity contribution in [2.45, 2.75) is 59.0 Å². The van der Waals surface area contributed by atoms with Gasteiger partial charge in [0.1, 0.15) is 0 Å². The van der Waals surface area contributed by atoms with Crippen LogP contribution in [0.25, 0.3) is 0 Å². The molecule has 1 heterocycles. The van der Waals surface area contributed by atoms with Gasteiger partial charge >= 0.3 is 0 Å². The molecule has 0 aliphatic carbocycles. The molecule has 0 saturated carbocycles. The van der Waals surface area contributed by atoms with E-state index in [1.807, 2.05) is 29.0 Å². The number of amides is 1. The summed E-state index contributed by atoms with van der Waals surface area (Å²) in [5.74, 6) is -0.0987. The maximum Gasteiger partial charge on any atom is 0.237 e. The molecule has 0 saturated heterocycles. The van der Waals surface area contributed by atoms with Crippen molar-refractivity contribution in [2.75, 3.05) is 6.54 Å². The number of unbranched alkanes of at least 4 members (excludes halogenated alkanes) is 1. The lowest BCUT2D eigenvalue weighted by Crippen LogP contribution is -2.42. The Kier molecular flexibility index (Phi) is 7.39. The summed E-state index contributed by atoms with van der Waals surface area (Å²) in [6.07, 6.45) is 7.47. The van der Waals surface area contributed by atoms with Gasteiger partial charge in [0.25, 0.3) is 0 Å². The van der Waals surface area contributed by atoms with E-state index in [0.29, 0.717) is 18.4 Å². The third-order valence-electron chi connectivity index (χ3n) is 4.31. The lowest BCUT2D eigenvalue weighted by molar-refractivity contribution is -0.122. The Hall–Kier alpha value is -2.14. The molecule has 3 N–H and O–H groups in total. The molecule has 142 valence electrons. The van der Waals surface area contributed by atoms with Gasteiger partial charge in [-0.3, -0.25) is 4.79 Å². The van der Waals surface area contributed by atoms with Crippen LogP contribution in [0.15, 0.2) is 42.9 Å². The second kappa shape index (κ2) is 9.53. The van der Waals surface area contributed by atoms with E-state index >= 15 is 0 Å². The number of nitrogens with two attached hydrogens (primary N) is 1. The fourth-order valence-electron chi connectivity index (χ4n) is 2.83. The average Bonchev–Trinajstić information content (AvgIpc) is 3.01. The summed E-state index contributed by atoms with van der Waals surface area (Å²) in [5, 5.41) is 2.94. The van der Waals surface area contributed by atoms with E-state index in [-0.39, 0.29) is 5.91 Å². The van der Waals surface area contributed by atoms with Gasteiger partial charge in [-0.2, -0.15) is 0 Å². The Morgan fingerprint density at radius 1 is 1.23 bits per heavy atom. The average molecular weight is 357 g/mol. The minimum absolute atomic E-state index is 0.0987. The number of benzene rings is 1. The number of carbonyl (C=O) groups excluding carboxylic acids is 1. The number of nitrogens with zero attached hydrogens (tertiary/aromatic N) is 2. The number of hydrogen-bond donors (Lipinski definition) is 2. The third kappa shape index (κ3) is 7.40. The Morgan fingerprint density at radius 2 is 1.96 bits per heavy atom. The lowest BCUT2D eigenvalue weighted by Gasteiger charge is -2.17. The number of nitrogens with one attached hydrogen (secondary N) is 1.